The van der Waals surface area contributed by atoms with Crippen LogP contribution < -0.4 is 10.0 Å². The Morgan fingerprint density at radius 2 is 1.65 bits per heavy atom. The van der Waals surface area contributed by atoms with E-state index in [9.17, 15) is 13.2 Å². The van der Waals surface area contributed by atoms with Crippen molar-refractivity contribution in [3.8, 4) is 0 Å². The topological polar surface area (TPSA) is 84.5 Å². The van der Waals surface area contributed by atoms with Crippen LogP contribution in [0, 0.1) is 0 Å². The molecule has 2 rings (SSSR count). The molecule has 0 bridgehead atoms. The summed E-state index contributed by atoms with van der Waals surface area (Å²) in [6, 6.07) is 15.2. The van der Waals surface area contributed by atoms with Crippen LogP contribution in [0.15, 0.2) is 59.5 Å². The number of methoxy groups -OCH3 is 1. The Balaban J connectivity index is 2.02. The molecule has 7 heteroatoms. The molecule has 1 atom stereocenters. The summed E-state index contributed by atoms with van der Waals surface area (Å²) in [6.45, 7) is 3.81. The Labute approximate surface area is 154 Å². The molecule has 1 unspecified atom stereocenters. The van der Waals surface area contributed by atoms with Crippen molar-refractivity contribution in [2.45, 2.75) is 30.9 Å². The minimum absolute atomic E-state index is 0.127. The van der Waals surface area contributed by atoms with Crippen LogP contribution in [0.2, 0.25) is 0 Å². The van der Waals surface area contributed by atoms with E-state index in [4.69, 9.17) is 4.74 Å². The largest absolute Gasteiger partial charge is 0.375 e. The van der Waals surface area contributed by atoms with Gasteiger partial charge in [0, 0.05) is 25.3 Å². The van der Waals surface area contributed by atoms with Crippen LogP contribution in [0.25, 0.3) is 0 Å². The maximum atomic E-state index is 12.3. The number of amides is 1. The minimum Gasteiger partial charge on any atom is -0.375 e. The number of nitrogens with one attached hydrogen (secondary N) is 2. The maximum absolute atomic E-state index is 12.3. The Morgan fingerprint density at radius 1 is 1.04 bits per heavy atom. The van der Waals surface area contributed by atoms with Gasteiger partial charge in [0.15, 0.2) is 0 Å². The highest BCUT2D eigenvalue weighted by Gasteiger charge is 2.17. The summed E-state index contributed by atoms with van der Waals surface area (Å²) in [5, 5.41) is 2.81. The average molecular weight is 376 g/mol. The summed E-state index contributed by atoms with van der Waals surface area (Å²) in [5.74, 6) is -0.288. The molecule has 1 amide bonds. The van der Waals surface area contributed by atoms with E-state index in [-0.39, 0.29) is 22.9 Å². The third-order valence-corrected chi connectivity index (χ3v) is 5.40. The molecule has 0 aromatic heterocycles. The van der Waals surface area contributed by atoms with Gasteiger partial charge < -0.3 is 10.1 Å². The average Bonchev–Trinajstić information content (AvgIpc) is 2.62. The molecule has 2 N–H and O–H groups in total. The van der Waals surface area contributed by atoms with Crippen LogP contribution in [-0.2, 0) is 14.8 Å². The summed E-state index contributed by atoms with van der Waals surface area (Å²) in [7, 11) is -1.98. The smallest absolute Gasteiger partial charge is 0.251 e. The van der Waals surface area contributed by atoms with E-state index in [1.807, 2.05) is 30.3 Å². The molecular weight excluding hydrogens is 352 g/mol. The Kier molecular flexibility index (Phi) is 6.90. The van der Waals surface area contributed by atoms with Gasteiger partial charge in [0.2, 0.25) is 10.0 Å². The van der Waals surface area contributed by atoms with Crippen molar-refractivity contribution in [2.75, 3.05) is 13.7 Å². The van der Waals surface area contributed by atoms with Gasteiger partial charge >= 0.3 is 0 Å². The second kappa shape index (κ2) is 8.93. The highest BCUT2D eigenvalue weighted by Crippen LogP contribution is 2.15. The molecule has 0 radical (unpaired) electrons. The van der Waals surface area contributed by atoms with Gasteiger partial charge in [0.05, 0.1) is 11.0 Å². The number of carbonyl (C=O) groups is 1. The van der Waals surface area contributed by atoms with Gasteiger partial charge in [-0.2, -0.15) is 0 Å². The van der Waals surface area contributed by atoms with Crippen molar-refractivity contribution in [1.29, 1.82) is 0 Å². The first-order valence-corrected chi connectivity index (χ1v) is 9.80. The van der Waals surface area contributed by atoms with Gasteiger partial charge in [0.25, 0.3) is 5.91 Å². The molecule has 2 aromatic carbocycles. The Bertz CT molecular complexity index is 818. The van der Waals surface area contributed by atoms with E-state index in [0.29, 0.717) is 12.1 Å². The number of sulfonamides is 1. The quantitative estimate of drug-likeness (QED) is 0.741. The van der Waals surface area contributed by atoms with Crippen LogP contribution in [-0.4, -0.2) is 34.0 Å². The number of hydrogen-bond donors (Lipinski definition) is 2. The highest BCUT2D eigenvalue weighted by molar-refractivity contribution is 7.89. The second-order valence-electron chi connectivity index (χ2n) is 6.15. The maximum Gasteiger partial charge on any atom is 0.251 e. The van der Waals surface area contributed by atoms with E-state index in [1.54, 1.807) is 21.0 Å². The fourth-order valence-corrected chi connectivity index (χ4v) is 3.71. The van der Waals surface area contributed by atoms with Gasteiger partial charge in [-0.1, -0.05) is 30.3 Å². The SMILES string of the molecule is COC(CNC(=O)c1ccc(S(=O)(=O)NC(C)C)cc1)c1ccccc1. The van der Waals surface area contributed by atoms with E-state index < -0.39 is 10.0 Å². The standard InChI is InChI=1S/C19H24N2O4S/c1-14(2)21-26(23,24)17-11-9-16(10-12-17)19(22)20-13-18(25-3)15-7-5-4-6-8-15/h4-12,14,18,21H,13H2,1-3H3,(H,20,22). The Morgan fingerprint density at radius 3 is 2.19 bits per heavy atom. The minimum atomic E-state index is -3.57. The van der Waals surface area contributed by atoms with E-state index >= 15 is 0 Å². The lowest BCUT2D eigenvalue weighted by atomic mass is 10.1. The lowest BCUT2D eigenvalue weighted by Gasteiger charge is -2.16. The number of benzene rings is 2. The van der Waals surface area contributed by atoms with E-state index in [0.717, 1.165) is 5.56 Å². The monoisotopic (exact) mass is 376 g/mol. The third-order valence-electron chi connectivity index (χ3n) is 3.72. The summed E-state index contributed by atoms with van der Waals surface area (Å²) >= 11 is 0. The van der Waals surface area contributed by atoms with Crippen LogP contribution in [0.1, 0.15) is 35.9 Å². The van der Waals surface area contributed by atoms with Gasteiger partial charge in [-0.3, -0.25) is 4.79 Å². The molecule has 0 fully saturated rings. The van der Waals surface area contributed by atoms with Crippen molar-refractivity contribution in [1.82, 2.24) is 10.0 Å². The summed E-state index contributed by atoms with van der Waals surface area (Å²) < 4.78 is 32.1. The molecule has 0 aliphatic rings. The van der Waals surface area contributed by atoms with Crippen molar-refractivity contribution >= 4 is 15.9 Å². The molecule has 0 aliphatic heterocycles. The van der Waals surface area contributed by atoms with Crippen LogP contribution >= 0.6 is 0 Å². The zero-order valence-electron chi connectivity index (χ0n) is 15.1. The molecule has 140 valence electrons. The van der Waals surface area contributed by atoms with Gasteiger partial charge in [-0.25, -0.2) is 13.1 Å². The number of ether oxygens (including phenoxy) is 1. The van der Waals surface area contributed by atoms with Crippen molar-refractivity contribution in [3.63, 3.8) is 0 Å². The first-order valence-electron chi connectivity index (χ1n) is 8.32. The number of rotatable bonds is 8. The van der Waals surface area contributed by atoms with Gasteiger partial charge in [0.1, 0.15) is 0 Å². The molecule has 26 heavy (non-hydrogen) atoms. The Hall–Kier alpha value is -2.22. The summed E-state index contributed by atoms with van der Waals surface area (Å²) in [4.78, 5) is 12.4. The summed E-state index contributed by atoms with van der Waals surface area (Å²) in [5.41, 5.74) is 1.35. The molecule has 0 spiro atoms. The molecule has 0 heterocycles. The van der Waals surface area contributed by atoms with Crippen LogP contribution in [0.4, 0.5) is 0 Å². The van der Waals surface area contributed by atoms with Crippen molar-refractivity contribution < 1.29 is 17.9 Å². The van der Waals surface area contributed by atoms with Crippen molar-refractivity contribution in [3.05, 3.63) is 65.7 Å². The van der Waals surface area contributed by atoms with E-state index in [2.05, 4.69) is 10.0 Å². The third kappa shape index (κ3) is 5.39. The predicted molar refractivity (Wildman–Crippen MR) is 100 cm³/mol. The zero-order valence-corrected chi connectivity index (χ0v) is 15.9. The van der Waals surface area contributed by atoms with Crippen LogP contribution in [0.3, 0.4) is 0 Å². The lowest BCUT2D eigenvalue weighted by Crippen LogP contribution is -2.30. The fourth-order valence-electron chi connectivity index (χ4n) is 2.46. The number of carbonyl (C=O) groups excluding carboxylic acids is 1. The number of hydrogen-bond acceptors (Lipinski definition) is 4. The lowest BCUT2D eigenvalue weighted by molar-refractivity contribution is 0.0828. The van der Waals surface area contributed by atoms with E-state index in [1.165, 1.54) is 24.3 Å². The molecule has 2 aromatic rings. The fraction of sp³-hybridized carbons (Fsp3) is 0.316. The second-order valence-corrected chi connectivity index (χ2v) is 7.86. The normalized spacial score (nSPS) is 12.8. The first-order chi connectivity index (χ1) is 12.3. The summed E-state index contributed by atoms with van der Waals surface area (Å²) in [6.07, 6.45) is -0.255. The van der Waals surface area contributed by atoms with Gasteiger partial charge in [-0.05, 0) is 43.7 Å². The van der Waals surface area contributed by atoms with Crippen LogP contribution in [0.5, 0.6) is 0 Å². The molecule has 0 saturated carbocycles. The molecule has 0 saturated heterocycles. The first kappa shape index (κ1) is 20.1. The molecule has 0 aliphatic carbocycles. The molecule has 6 nitrogen and oxygen atoms in total. The highest BCUT2D eigenvalue weighted by atomic mass is 32.2. The zero-order chi connectivity index (χ0) is 19.2. The predicted octanol–water partition coefficient (Wildman–Crippen LogP) is 2.49. The van der Waals surface area contributed by atoms with Gasteiger partial charge in [-0.15, -0.1) is 0 Å². The van der Waals surface area contributed by atoms with Crippen molar-refractivity contribution in [2.24, 2.45) is 0 Å². The molecular formula is C19H24N2O4S.